The Morgan fingerprint density at radius 1 is 0.455 bits per heavy atom. The molecule has 7 heteroatoms. The Morgan fingerprint density at radius 2 is 0.818 bits per heavy atom. The number of piperidine rings is 1. The SMILES string of the molecule is COCOC[C@@H]1N[C@H](COCc2ccccc2)[C@@H](OCc2ccccc2)[C@H](OCc2ccccc2)[C@H]1OCc1ccccc1. The molecule has 5 atom stereocenters. The number of hydrogen-bond acceptors (Lipinski definition) is 7. The predicted molar refractivity (Wildman–Crippen MR) is 170 cm³/mol. The largest absolute Gasteiger partial charge is 0.375 e. The van der Waals surface area contributed by atoms with Gasteiger partial charge in [0.25, 0.3) is 0 Å². The van der Waals surface area contributed by atoms with Crippen LogP contribution >= 0.6 is 0 Å². The first-order chi connectivity index (χ1) is 21.8. The van der Waals surface area contributed by atoms with E-state index in [0.717, 1.165) is 22.3 Å². The van der Waals surface area contributed by atoms with Crippen molar-refractivity contribution in [3.05, 3.63) is 144 Å². The Labute approximate surface area is 261 Å². The van der Waals surface area contributed by atoms with Crippen molar-refractivity contribution in [2.24, 2.45) is 0 Å². The standard InChI is InChI=1S/C37H43NO6/c1-39-28-41-27-34-36(43-24-31-18-10-4-11-19-31)37(44-25-32-20-12-5-13-21-32)35(42-23-30-16-8-3-9-17-30)33(38-34)26-40-22-29-14-6-2-7-15-29/h2-21,33-38H,22-28H2,1H3/t33-,34+,35-,36+,37+/m1/s1. The fraction of sp³-hybridized carbons (Fsp3) is 0.351. The van der Waals surface area contributed by atoms with Gasteiger partial charge < -0.3 is 33.7 Å². The van der Waals surface area contributed by atoms with E-state index in [4.69, 9.17) is 28.4 Å². The Bertz CT molecular complexity index is 1310. The molecular weight excluding hydrogens is 554 g/mol. The maximum absolute atomic E-state index is 6.77. The van der Waals surface area contributed by atoms with Crippen LogP contribution in [0.1, 0.15) is 22.3 Å². The van der Waals surface area contributed by atoms with E-state index in [1.165, 1.54) is 0 Å². The van der Waals surface area contributed by atoms with Crippen LogP contribution in [0.2, 0.25) is 0 Å². The lowest BCUT2D eigenvalue weighted by atomic mass is 9.89. The summed E-state index contributed by atoms with van der Waals surface area (Å²) < 4.78 is 37.6. The number of rotatable bonds is 17. The van der Waals surface area contributed by atoms with Gasteiger partial charge in [0.1, 0.15) is 25.1 Å². The van der Waals surface area contributed by atoms with E-state index in [1.54, 1.807) is 7.11 Å². The molecule has 5 rings (SSSR count). The summed E-state index contributed by atoms with van der Waals surface area (Å²) in [6, 6.07) is 40.4. The highest BCUT2D eigenvalue weighted by Crippen LogP contribution is 2.28. The molecule has 1 aliphatic heterocycles. The molecule has 0 spiro atoms. The molecule has 4 aromatic rings. The minimum atomic E-state index is -0.412. The summed E-state index contributed by atoms with van der Waals surface area (Å²) in [7, 11) is 1.62. The van der Waals surface area contributed by atoms with Crippen LogP contribution in [0.3, 0.4) is 0 Å². The van der Waals surface area contributed by atoms with Gasteiger partial charge >= 0.3 is 0 Å². The molecule has 0 bridgehead atoms. The van der Waals surface area contributed by atoms with Crippen molar-refractivity contribution in [3.63, 3.8) is 0 Å². The van der Waals surface area contributed by atoms with Gasteiger partial charge in [-0.25, -0.2) is 0 Å². The average molecular weight is 598 g/mol. The van der Waals surface area contributed by atoms with E-state index < -0.39 is 6.10 Å². The fourth-order valence-electron chi connectivity index (χ4n) is 5.44. The van der Waals surface area contributed by atoms with Crippen LogP contribution in [-0.2, 0) is 54.8 Å². The van der Waals surface area contributed by atoms with Gasteiger partial charge in [-0.15, -0.1) is 0 Å². The van der Waals surface area contributed by atoms with Crippen LogP contribution in [0.4, 0.5) is 0 Å². The summed E-state index contributed by atoms with van der Waals surface area (Å²) in [5, 5.41) is 3.76. The monoisotopic (exact) mass is 597 g/mol. The van der Waals surface area contributed by atoms with E-state index in [1.807, 2.05) is 72.8 Å². The summed E-state index contributed by atoms with van der Waals surface area (Å²) in [5.74, 6) is 0. The maximum Gasteiger partial charge on any atom is 0.146 e. The lowest BCUT2D eigenvalue weighted by Gasteiger charge is -2.47. The summed E-state index contributed by atoms with van der Waals surface area (Å²) >= 11 is 0. The summed E-state index contributed by atoms with van der Waals surface area (Å²) in [5.41, 5.74) is 4.37. The molecule has 0 aromatic heterocycles. The highest BCUT2D eigenvalue weighted by molar-refractivity contribution is 5.17. The van der Waals surface area contributed by atoms with E-state index in [0.29, 0.717) is 39.6 Å². The van der Waals surface area contributed by atoms with Gasteiger partial charge in [0.2, 0.25) is 0 Å². The number of benzene rings is 4. The third kappa shape index (κ3) is 9.81. The van der Waals surface area contributed by atoms with Gasteiger partial charge in [0.05, 0.1) is 51.7 Å². The maximum atomic E-state index is 6.77. The molecular formula is C37H43NO6. The molecule has 7 nitrogen and oxygen atoms in total. The van der Waals surface area contributed by atoms with Crippen LogP contribution < -0.4 is 5.32 Å². The van der Waals surface area contributed by atoms with Crippen molar-refractivity contribution in [2.75, 3.05) is 27.1 Å². The Hall–Kier alpha value is -3.40. The van der Waals surface area contributed by atoms with Gasteiger partial charge in [-0.1, -0.05) is 121 Å². The van der Waals surface area contributed by atoms with Crippen LogP contribution in [0, 0.1) is 0 Å². The zero-order chi connectivity index (χ0) is 30.2. The zero-order valence-electron chi connectivity index (χ0n) is 25.3. The molecule has 1 aliphatic rings. The van der Waals surface area contributed by atoms with Crippen molar-refractivity contribution >= 4 is 0 Å². The average Bonchev–Trinajstić information content (AvgIpc) is 3.08. The Kier molecular flexibility index (Phi) is 12.9. The van der Waals surface area contributed by atoms with Crippen LogP contribution in [-0.4, -0.2) is 57.5 Å². The lowest BCUT2D eigenvalue weighted by Crippen LogP contribution is -2.68. The summed E-state index contributed by atoms with van der Waals surface area (Å²) in [6.07, 6.45) is -1.15. The number of hydrogen-bond donors (Lipinski definition) is 1. The molecule has 1 heterocycles. The fourth-order valence-corrected chi connectivity index (χ4v) is 5.44. The molecule has 0 radical (unpaired) electrons. The normalized spacial score (nSPS) is 21.7. The number of ether oxygens (including phenoxy) is 6. The highest BCUT2D eigenvalue weighted by atomic mass is 16.7. The molecule has 0 saturated carbocycles. The van der Waals surface area contributed by atoms with Crippen molar-refractivity contribution in [3.8, 4) is 0 Å². The first-order valence-electron chi connectivity index (χ1n) is 15.2. The van der Waals surface area contributed by atoms with Crippen molar-refractivity contribution < 1.29 is 28.4 Å². The molecule has 4 aromatic carbocycles. The highest BCUT2D eigenvalue weighted by Gasteiger charge is 2.47. The van der Waals surface area contributed by atoms with Crippen LogP contribution in [0.25, 0.3) is 0 Å². The third-order valence-corrected chi connectivity index (χ3v) is 7.63. The molecule has 1 saturated heterocycles. The number of methoxy groups -OCH3 is 1. The van der Waals surface area contributed by atoms with E-state index >= 15 is 0 Å². The van der Waals surface area contributed by atoms with E-state index in [-0.39, 0.29) is 31.1 Å². The zero-order valence-corrected chi connectivity index (χ0v) is 25.3. The second-order valence-corrected chi connectivity index (χ2v) is 10.9. The molecule has 232 valence electrons. The second kappa shape index (κ2) is 17.8. The summed E-state index contributed by atoms with van der Waals surface area (Å²) in [6.45, 7) is 2.76. The third-order valence-electron chi connectivity index (χ3n) is 7.63. The minimum absolute atomic E-state index is 0.183. The topological polar surface area (TPSA) is 67.4 Å². The smallest absolute Gasteiger partial charge is 0.146 e. The van der Waals surface area contributed by atoms with Gasteiger partial charge in [-0.2, -0.15) is 0 Å². The predicted octanol–water partition coefficient (Wildman–Crippen LogP) is 5.92. The van der Waals surface area contributed by atoms with Crippen molar-refractivity contribution in [2.45, 2.75) is 56.8 Å². The van der Waals surface area contributed by atoms with Crippen LogP contribution in [0.5, 0.6) is 0 Å². The van der Waals surface area contributed by atoms with Crippen molar-refractivity contribution in [1.29, 1.82) is 0 Å². The Morgan fingerprint density at radius 3 is 1.23 bits per heavy atom. The molecule has 44 heavy (non-hydrogen) atoms. The number of nitrogens with one attached hydrogen (secondary N) is 1. The molecule has 0 unspecified atom stereocenters. The molecule has 0 amide bonds. The van der Waals surface area contributed by atoms with E-state index in [2.05, 4.69) is 53.8 Å². The Balaban J connectivity index is 1.41. The first kappa shape index (κ1) is 32.0. The molecule has 0 aliphatic carbocycles. The van der Waals surface area contributed by atoms with Gasteiger partial charge in [-0.3, -0.25) is 0 Å². The second-order valence-electron chi connectivity index (χ2n) is 10.9. The quantitative estimate of drug-likeness (QED) is 0.120. The van der Waals surface area contributed by atoms with Gasteiger partial charge in [0, 0.05) is 7.11 Å². The minimum Gasteiger partial charge on any atom is -0.375 e. The van der Waals surface area contributed by atoms with Gasteiger partial charge in [-0.05, 0) is 22.3 Å². The van der Waals surface area contributed by atoms with E-state index in [9.17, 15) is 0 Å². The summed E-state index contributed by atoms with van der Waals surface area (Å²) in [4.78, 5) is 0. The first-order valence-corrected chi connectivity index (χ1v) is 15.2. The molecule has 1 N–H and O–H groups in total. The lowest BCUT2D eigenvalue weighted by molar-refractivity contribution is -0.202. The van der Waals surface area contributed by atoms with Crippen molar-refractivity contribution in [1.82, 2.24) is 5.32 Å². The molecule has 1 fully saturated rings. The van der Waals surface area contributed by atoms with Gasteiger partial charge in [0.15, 0.2) is 0 Å². The van der Waals surface area contributed by atoms with Crippen LogP contribution in [0.15, 0.2) is 121 Å².